The maximum atomic E-state index is 14.1. The predicted octanol–water partition coefficient (Wildman–Crippen LogP) is 6.41. The van der Waals surface area contributed by atoms with Crippen LogP contribution < -0.4 is 15.6 Å². The Morgan fingerprint density at radius 3 is 2.62 bits per heavy atom. The minimum absolute atomic E-state index is 0.0927. The van der Waals surface area contributed by atoms with E-state index in [-0.39, 0.29) is 36.2 Å². The third-order valence-corrected chi connectivity index (χ3v) is 12.6. The number of anilines is 1. The van der Waals surface area contributed by atoms with Crippen LogP contribution in [0.4, 0.5) is 10.5 Å². The molecule has 2 saturated heterocycles. The zero-order chi connectivity index (χ0) is 42.9. The fourth-order valence-electron chi connectivity index (χ4n) is 8.51. The van der Waals surface area contributed by atoms with Crippen LogP contribution in [0.25, 0.3) is 33.4 Å². The van der Waals surface area contributed by atoms with E-state index in [1.807, 2.05) is 18.5 Å². The summed E-state index contributed by atoms with van der Waals surface area (Å²) in [6.07, 6.45) is 3.04. The van der Waals surface area contributed by atoms with E-state index in [2.05, 4.69) is 77.2 Å². The van der Waals surface area contributed by atoms with E-state index in [1.54, 1.807) is 27.9 Å². The number of hydrogen-bond acceptors (Lipinski definition) is 12. The first kappa shape index (κ1) is 43.7. The number of nitrogens with one attached hydrogen (secondary N) is 2. The molecule has 14 nitrogen and oxygen atoms in total. The smallest absolute Gasteiger partial charge is 0.408 e. The Balaban J connectivity index is 1.36. The molecule has 3 aliphatic heterocycles. The number of hydrogen-bond donors (Lipinski definition) is 2. The number of thiazole rings is 1. The number of rotatable bonds is 6. The largest absolute Gasteiger partial charge is 0.444 e. The number of ketones is 1. The van der Waals surface area contributed by atoms with Crippen molar-refractivity contribution in [1.82, 2.24) is 35.2 Å². The van der Waals surface area contributed by atoms with Gasteiger partial charge in [-0.25, -0.2) is 15.2 Å². The van der Waals surface area contributed by atoms with Gasteiger partial charge in [0.15, 0.2) is 5.78 Å². The van der Waals surface area contributed by atoms with Gasteiger partial charge in [-0.1, -0.05) is 19.9 Å². The molecule has 15 heteroatoms. The molecule has 3 aromatic heterocycles. The summed E-state index contributed by atoms with van der Waals surface area (Å²) in [5, 5.41) is 8.07. The van der Waals surface area contributed by atoms with E-state index in [0.717, 1.165) is 77.5 Å². The summed E-state index contributed by atoms with van der Waals surface area (Å²) >= 11 is 1.45. The molecule has 3 atom stereocenters. The van der Waals surface area contributed by atoms with Crippen molar-refractivity contribution in [2.75, 3.05) is 65.0 Å². The highest BCUT2D eigenvalue weighted by molar-refractivity contribution is 7.10. The van der Waals surface area contributed by atoms with Gasteiger partial charge in [0.05, 0.1) is 52.7 Å². The summed E-state index contributed by atoms with van der Waals surface area (Å²) in [7, 11) is 3.89. The van der Waals surface area contributed by atoms with E-state index in [4.69, 9.17) is 24.2 Å². The van der Waals surface area contributed by atoms with Crippen LogP contribution in [0.2, 0.25) is 0 Å². The second kappa shape index (κ2) is 17.9. The van der Waals surface area contributed by atoms with Crippen LogP contribution in [0.5, 0.6) is 0 Å². The number of nitrogens with zero attached hydrogens (tertiary/aromatic N) is 6. The SMILES string of the molecule is CCn1c(-c2cc(N3CCN(C)CC3)cnc2[C@H](C)OC)c2c3cc(ccc31)-c1csc(n1)C[C@H](NC(=O)OC(C)(C)C)C(=O)N1CCC[C@H](N1)C(=O)COCC(C)(C)C2. The van der Waals surface area contributed by atoms with E-state index in [9.17, 15) is 14.4 Å². The number of aromatic nitrogens is 3. The lowest BCUT2D eigenvalue weighted by molar-refractivity contribution is -0.142. The maximum absolute atomic E-state index is 14.1. The number of Topliss-reactive ketones (excluding diaryl/α,β-unsaturated/α-hetero) is 1. The van der Waals surface area contributed by atoms with E-state index in [0.29, 0.717) is 37.4 Å². The average molecular weight is 843 g/mol. The van der Waals surface area contributed by atoms with Gasteiger partial charge in [-0.05, 0) is 90.1 Å². The first-order chi connectivity index (χ1) is 28.5. The first-order valence-corrected chi connectivity index (χ1v) is 22.2. The Kier molecular flexibility index (Phi) is 13.0. The second-order valence-electron chi connectivity index (χ2n) is 18.2. The highest BCUT2D eigenvalue weighted by atomic mass is 32.1. The second-order valence-corrected chi connectivity index (χ2v) is 19.2. The van der Waals surface area contributed by atoms with E-state index >= 15 is 0 Å². The molecule has 324 valence electrons. The summed E-state index contributed by atoms with van der Waals surface area (Å²) in [5.41, 5.74) is 10.1. The Hall–Kier alpha value is -4.41. The van der Waals surface area contributed by atoms with Gasteiger partial charge in [-0.3, -0.25) is 19.6 Å². The molecule has 3 aliphatic rings. The van der Waals surface area contributed by atoms with Gasteiger partial charge in [0.25, 0.3) is 5.91 Å². The number of carbonyl (C=O) groups is 3. The van der Waals surface area contributed by atoms with Crippen LogP contribution in [-0.2, 0) is 43.2 Å². The lowest BCUT2D eigenvalue weighted by Crippen LogP contribution is -2.60. The molecule has 0 radical (unpaired) electrons. The van der Waals surface area contributed by atoms with Crippen LogP contribution in [0.3, 0.4) is 0 Å². The van der Waals surface area contributed by atoms with Gasteiger partial charge in [-0.15, -0.1) is 11.3 Å². The molecule has 2 amide bonds. The number of amides is 2. The highest BCUT2D eigenvalue weighted by Crippen LogP contribution is 2.43. The number of likely N-dealkylation sites (N-methyl/N-ethyl adjacent to an activating group) is 1. The lowest BCUT2D eigenvalue weighted by Gasteiger charge is -2.35. The van der Waals surface area contributed by atoms with Gasteiger partial charge < -0.3 is 33.9 Å². The third-order valence-electron chi connectivity index (χ3n) is 11.7. The fraction of sp³-hybridized carbons (Fsp3) is 0.578. The molecule has 2 fully saturated rings. The maximum Gasteiger partial charge on any atom is 0.408 e. The predicted molar refractivity (Wildman–Crippen MR) is 235 cm³/mol. The zero-order valence-corrected chi connectivity index (χ0v) is 37.5. The normalized spacial score (nSPS) is 21.4. The summed E-state index contributed by atoms with van der Waals surface area (Å²) in [5.74, 6) is -0.483. The number of methoxy groups -OCH3 is 1. The van der Waals surface area contributed by atoms with Crippen molar-refractivity contribution in [3.8, 4) is 22.5 Å². The van der Waals surface area contributed by atoms with Crippen molar-refractivity contribution in [3.63, 3.8) is 0 Å². The van der Waals surface area contributed by atoms with Crippen molar-refractivity contribution in [3.05, 3.63) is 52.1 Å². The summed E-state index contributed by atoms with van der Waals surface area (Å²) in [6, 6.07) is 7.24. The van der Waals surface area contributed by atoms with Crippen LogP contribution in [0.1, 0.15) is 83.7 Å². The van der Waals surface area contributed by atoms with Crippen molar-refractivity contribution < 1.29 is 28.6 Å². The summed E-state index contributed by atoms with van der Waals surface area (Å²) in [4.78, 5) is 55.9. The molecule has 7 rings (SSSR count). The monoisotopic (exact) mass is 842 g/mol. The Morgan fingerprint density at radius 2 is 1.90 bits per heavy atom. The Bertz CT molecular complexity index is 2200. The molecule has 2 N–H and O–H groups in total. The number of piperazine rings is 1. The minimum Gasteiger partial charge on any atom is -0.444 e. The quantitative estimate of drug-likeness (QED) is 0.223. The van der Waals surface area contributed by atoms with Crippen molar-refractivity contribution in [2.24, 2.45) is 5.41 Å². The third kappa shape index (κ3) is 9.70. The number of hydrazine groups is 1. The molecule has 6 bridgehead atoms. The molecule has 6 heterocycles. The van der Waals surface area contributed by atoms with Gasteiger partial charge in [-0.2, -0.15) is 0 Å². The number of benzene rings is 1. The first-order valence-electron chi connectivity index (χ1n) is 21.3. The summed E-state index contributed by atoms with van der Waals surface area (Å²) < 4.78 is 20.2. The van der Waals surface area contributed by atoms with E-state index < -0.39 is 23.8 Å². The van der Waals surface area contributed by atoms with Crippen molar-refractivity contribution in [2.45, 2.75) is 104 Å². The molecular formula is C45H62N8O6S. The molecule has 4 aromatic rings. The standard InChI is InChI=1S/C45H62N8O6S/c1-10-52-37-14-13-29-20-31(37)33(41(52)32-21-30(24-46-40(32)28(2)57-9)51-18-16-50(8)17-19-51)23-45(6,7)27-58-25-38(54)34-12-11-15-53(49-34)42(55)35(22-39-47-36(29)26-60-39)48-43(56)59-44(3,4)5/h13-14,20-21,24,26,28,34-35,49H,10-12,15-19,22-23,25,27H2,1-9H3,(H,48,56)/t28-,34-,35-/m0/s1. The van der Waals surface area contributed by atoms with Crippen LogP contribution in [0.15, 0.2) is 35.8 Å². The molecule has 1 aromatic carbocycles. The number of aryl methyl sites for hydroxylation is 1. The Labute approximate surface area is 357 Å². The van der Waals surface area contributed by atoms with Gasteiger partial charge >= 0.3 is 6.09 Å². The van der Waals surface area contributed by atoms with Crippen molar-refractivity contribution >= 4 is 45.7 Å². The fourth-order valence-corrected chi connectivity index (χ4v) is 9.36. The average Bonchev–Trinajstić information content (AvgIpc) is 3.80. The number of pyridine rings is 1. The number of fused-ring (bicyclic) bond motifs is 6. The molecule has 0 unspecified atom stereocenters. The van der Waals surface area contributed by atoms with Gasteiger partial charge in [0.2, 0.25) is 0 Å². The van der Waals surface area contributed by atoms with E-state index in [1.165, 1.54) is 21.9 Å². The Morgan fingerprint density at radius 1 is 1.13 bits per heavy atom. The zero-order valence-electron chi connectivity index (χ0n) is 36.7. The molecule has 0 aliphatic carbocycles. The van der Waals surface area contributed by atoms with Crippen molar-refractivity contribution in [1.29, 1.82) is 0 Å². The topological polar surface area (TPSA) is 143 Å². The minimum atomic E-state index is -0.978. The van der Waals surface area contributed by atoms with Gasteiger partial charge in [0, 0.05) is 80.2 Å². The lowest BCUT2D eigenvalue weighted by atomic mass is 9.84. The highest BCUT2D eigenvalue weighted by Gasteiger charge is 2.35. The summed E-state index contributed by atoms with van der Waals surface area (Å²) in [6.45, 7) is 19.1. The van der Waals surface area contributed by atoms with Gasteiger partial charge in [0.1, 0.15) is 18.2 Å². The molecular weight excluding hydrogens is 781 g/mol. The molecule has 0 saturated carbocycles. The number of ether oxygens (including phenoxy) is 3. The number of carbonyl (C=O) groups excluding carboxylic acids is 3. The molecule has 0 spiro atoms. The van der Waals surface area contributed by atoms with Crippen LogP contribution in [-0.4, -0.2) is 120 Å². The number of alkyl carbamates (subject to hydrolysis) is 1. The van der Waals surface area contributed by atoms with Crippen LogP contribution >= 0.6 is 11.3 Å². The molecule has 60 heavy (non-hydrogen) atoms. The van der Waals surface area contributed by atoms with Crippen LogP contribution in [0, 0.1) is 5.41 Å².